The molecule has 36 heavy (non-hydrogen) atoms. The second-order valence-corrected chi connectivity index (χ2v) is 8.53. The Morgan fingerprint density at radius 2 is 1.69 bits per heavy atom. The first kappa shape index (κ1) is 27.0. The lowest BCUT2D eigenvalue weighted by atomic mass is 10.1. The van der Waals surface area contributed by atoms with Gasteiger partial charge in [-0.1, -0.05) is 71.2 Å². The molecule has 0 heterocycles. The molecule has 3 N–H and O–H groups in total. The zero-order valence-electron chi connectivity index (χ0n) is 18.8. The highest BCUT2D eigenvalue weighted by atomic mass is 35.5. The number of hydrogen-bond acceptors (Lipinski definition) is 5. The fourth-order valence-electron chi connectivity index (χ4n) is 2.94. The van der Waals surface area contributed by atoms with Gasteiger partial charge in [0.15, 0.2) is 6.61 Å². The van der Waals surface area contributed by atoms with Gasteiger partial charge < -0.3 is 15.4 Å². The van der Waals surface area contributed by atoms with E-state index in [1.807, 2.05) is 30.3 Å². The van der Waals surface area contributed by atoms with Crippen molar-refractivity contribution < 1.29 is 19.1 Å². The third-order valence-electron chi connectivity index (χ3n) is 4.67. The van der Waals surface area contributed by atoms with Gasteiger partial charge in [0.1, 0.15) is 5.75 Å². The largest absolute Gasteiger partial charge is 0.483 e. The number of ether oxygens (including phenoxy) is 1. The molecule has 0 aliphatic carbocycles. The highest BCUT2D eigenvalue weighted by Gasteiger charge is 2.13. The van der Waals surface area contributed by atoms with Crippen LogP contribution in [0.5, 0.6) is 5.75 Å². The number of carbonyl (C=O) groups is 3. The minimum absolute atomic E-state index is 0.215. The van der Waals surface area contributed by atoms with Crippen LogP contribution in [0.3, 0.4) is 0 Å². The van der Waals surface area contributed by atoms with E-state index >= 15 is 0 Å². The number of anilines is 1. The number of benzene rings is 3. The molecule has 8 nitrogen and oxygen atoms in total. The quantitative estimate of drug-likeness (QED) is 0.209. The highest BCUT2D eigenvalue weighted by molar-refractivity contribution is 6.44. The molecule has 3 amide bonds. The van der Waals surface area contributed by atoms with Crippen LogP contribution in [0.2, 0.25) is 15.1 Å². The van der Waals surface area contributed by atoms with Crippen molar-refractivity contribution >= 4 is 64.4 Å². The van der Waals surface area contributed by atoms with E-state index in [1.54, 1.807) is 30.3 Å². The molecular formula is C25H21Cl3N4O4. The van der Waals surface area contributed by atoms with Crippen molar-refractivity contribution in [1.29, 1.82) is 0 Å². The van der Waals surface area contributed by atoms with Crippen LogP contribution in [-0.2, 0) is 20.8 Å². The molecule has 3 rings (SSSR count). The molecule has 0 aromatic heterocycles. The summed E-state index contributed by atoms with van der Waals surface area (Å²) in [5.41, 5.74) is 3.91. The summed E-state index contributed by atoms with van der Waals surface area (Å²) in [6, 6.07) is 19.0. The Bertz CT molecular complexity index is 1270. The zero-order valence-corrected chi connectivity index (χ0v) is 21.0. The first-order valence-electron chi connectivity index (χ1n) is 10.6. The van der Waals surface area contributed by atoms with Crippen LogP contribution >= 0.6 is 34.8 Å². The van der Waals surface area contributed by atoms with Crippen molar-refractivity contribution in [2.75, 3.05) is 18.5 Å². The van der Waals surface area contributed by atoms with Crippen molar-refractivity contribution in [3.05, 3.63) is 92.9 Å². The highest BCUT2D eigenvalue weighted by Crippen LogP contribution is 2.29. The average Bonchev–Trinajstić information content (AvgIpc) is 2.87. The van der Waals surface area contributed by atoms with Gasteiger partial charge in [-0.15, -0.1) is 0 Å². The maximum atomic E-state index is 12.3. The molecule has 0 bridgehead atoms. The summed E-state index contributed by atoms with van der Waals surface area (Å²) in [7, 11) is 0. The summed E-state index contributed by atoms with van der Waals surface area (Å²) in [5.74, 6) is -1.95. The van der Waals surface area contributed by atoms with Crippen molar-refractivity contribution in [1.82, 2.24) is 10.7 Å². The molecule has 3 aromatic carbocycles. The zero-order chi connectivity index (χ0) is 25.9. The standard InChI is InChI=1S/C25H21Cl3N4O4/c26-18-9-10-21(36-15-22(33)31-20-8-4-7-19(27)23(20)28)17(13-18)14-30-32-25(35)24(34)29-12-11-16-5-2-1-3-6-16/h1-10,13-14H,11-12,15H2,(H,29,34)(H,31,33)(H,32,35)/b30-14-. The summed E-state index contributed by atoms with van der Waals surface area (Å²) < 4.78 is 5.57. The predicted molar refractivity (Wildman–Crippen MR) is 141 cm³/mol. The number of halogens is 3. The van der Waals surface area contributed by atoms with Gasteiger partial charge in [-0.25, -0.2) is 5.43 Å². The Morgan fingerprint density at radius 1 is 0.917 bits per heavy atom. The summed E-state index contributed by atoms with van der Waals surface area (Å²) in [5, 5.41) is 9.82. The normalized spacial score (nSPS) is 10.6. The van der Waals surface area contributed by atoms with Gasteiger partial charge in [-0.05, 0) is 42.3 Å². The van der Waals surface area contributed by atoms with E-state index in [0.29, 0.717) is 34.3 Å². The SMILES string of the molecule is O=C(COc1ccc(Cl)cc1/C=N\NC(=O)C(=O)NCCc1ccccc1)Nc1cccc(Cl)c1Cl. The molecule has 0 radical (unpaired) electrons. The lowest BCUT2D eigenvalue weighted by Crippen LogP contribution is -2.38. The van der Waals surface area contributed by atoms with Crippen molar-refractivity contribution in [3.63, 3.8) is 0 Å². The second-order valence-electron chi connectivity index (χ2n) is 7.31. The van der Waals surface area contributed by atoms with Gasteiger partial charge in [0, 0.05) is 17.1 Å². The predicted octanol–water partition coefficient (Wildman–Crippen LogP) is 4.47. The summed E-state index contributed by atoms with van der Waals surface area (Å²) >= 11 is 18.1. The molecule has 0 fully saturated rings. The van der Waals surface area contributed by atoms with Crippen LogP contribution in [0.25, 0.3) is 0 Å². The minimum Gasteiger partial charge on any atom is -0.483 e. The van der Waals surface area contributed by atoms with E-state index < -0.39 is 17.7 Å². The van der Waals surface area contributed by atoms with Crippen molar-refractivity contribution in [2.45, 2.75) is 6.42 Å². The van der Waals surface area contributed by atoms with Crippen LogP contribution in [0.15, 0.2) is 71.8 Å². The molecule has 11 heteroatoms. The number of amides is 3. The van der Waals surface area contributed by atoms with E-state index in [1.165, 1.54) is 12.3 Å². The molecule has 0 unspecified atom stereocenters. The number of carbonyl (C=O) groups excluding carboxylic acids is 3. The maximum absolute atomic E-state index is 12.3. The van der Waals surface area contributed by atoms with E-state index in [9.17, 15) is 14.4 Å². The molecule has 0 saturated carbocycles. The molecule has 0 atom stereocenters. The Hall–Kier alpha value is -3.59. The van der Waals surface area contributed by atoms with E-state index in [4.69, 9.17) is 39.5 Å². The first-order chi connectivity index (χ1) is 17.3. The molecule has 0 saturated heterocycles. The Morgan fingerprint density at radius 3 is 2.47 bits per heavy atom. The molecule has 3 aromatic rings. The smallest absolute Gasteiger partial charge is 0.329 e. The second kappa shape index (κ2) is 13.5. The number of hydrogen-bond donors (Lipinski definition) is 3. The first-order valence-corrected chi connectivity index (χ1v) is 11.8. The van der Waals surface area contributed by atoms with Crippen LogP contribution in [0.4, 0.5) is 5.69 Å². The van der Waals surface area contributed by atoms with Gasteiger partial charge in [0.2, 0.25) is 0 Å². The molecule has 0 spiro atoms. The minimum atomic E-state index is -0.929. The number of rotatable bonds is 9. The van der Waals surface area contributed by atoms with E-state index in [0.717, 1.165) is 5.56 Å². The lowest BCUT2D eigenvalue weighted by Gasteiger charge is -2.11. The summed E-state index contributed by atoms with van der Waals surface area (Å²) in [6.45, 7) is -0.0454. The summed E-state index contributed by atoms with van der Waals surface area (Å²) in [4.78, 5) is 36.2. The van der Waals surface area contributed by atoms with Crippen molar-refractivity contribution in [3.8, 4) is 5.75 Å². The fourth-order valence-corrected chi connectivity index (χ4v) is 3.47. The summed E-state index contributed by atoms with van der Waals surface area (Å²) in [6.07, 6.45) is 1.84. The van der Waals surface area contributed by atoms with E-state index in [2.05, 4.69) is 21.2 Å². The molecule has 0 aliphatic rings. The van der Waals surface area contributed by atoms with Gasteiger partial charge >= 0.3 is 11.8 Å². The Kier molecular flexibility index (Phi) is 10.1. The molecular weight excluding hydrogens is 527 g/mol. The van der Waals surface area contributed by atoms with Crippen LogP contribution in [0.1, 0.15) is 11.1 Å². The van der Waals surface area contributed by atoms with Crippen LogP contribution in [-0.4, -0.2) is 37.1 Å². The number of nitrogens with one attached hydrogen (secondary N) is 3. The van der Waals surface area contributed by atoms with Crippen molar-refractivity contribution in [2.24, 2.45) is 5.10 Å². The lowest BCUT2D eigenvalue weighted by molar-refractivity contribution is -0.139. The Balaban J connectivity index is 1.52. The maximum Gasteiger partial charge on any atom is 0.329 e. The molecule has 186 valence electrons. The van der Waals surface area contributed by atoms with Crippen LogP contribution < -0.4 is 20.8 Å². The van der Waals surface area contributed by atoms with Crippen LogP contribution in [0, 0.1) is 0 Å². The van der Waals surface area contributed by atoms with Gasteiger partial charge in [0.05, 0.1) is 21.9 Å². The number of hydrazone groups is 1. The monoisotopic (exact) mass is 546 g/mol. The third kappa shape index (κ3) is 8.27. The third-order valence-corrected chi connectivity index (χ3v) is 5.73. The average molecular weight is 548 g/mol. The van der Waals surface area contributed by atoms with E-state index in [-0.39, 0.29) is 17.4 Å². The number of nitrogens with zero attached hydrogens (tertiary/aromatic N) is 1. The Labute approximate surface area is 222 Å². The fraction of sp³-hybridized carbons (Fsp3) is 0.120. The van der Waals surface area contributed by atoms with Gasteiger partial charge in [-0.2, -0.15) is 5.10 Å². The van der Waals surface area contributed by atoms with Gasteiger partial charge in [0.25, 0.3) is 5.91 Å². The topological polar surface area (TPSA) is 109 Å². The molecule has 0 aliphatic heterocycles. The van der Waals surface area contributed by atoms with Gasteiger partial charge in [-0.3, -0.25) is 14.4 Å².